The van der Waals surface area contributed by atoms with Crippen molar-refractivity contribution in [2.45, 2.75) is 25.1 Å². The molecule has 1 aliphatic heterocycles. The van der Waals surface area contributed by atoms with Gasteiger partial charge in [0.05, 0.1) is 6.61 Å². The van der Waals surface area contributed by atoms with Gasteiger partial charge in [0.25, 0.3) is 0 Å². The minimum absolute atomic E-state index is 0.540. The lowest BCUT2D eigenvalue weighted by Gasteiger charge is -2.36. The van der Waals surface area contributed by atoms with Gasteiger partial charge in [0.1, 0.15) is 0 Å². The quantitative estimate of drug-likeness (QED) is 0.740. The zero-order valence-corrected chi connectivity index (χ0v) is 11.0. The van der Waals surface area contributed by atoms with E-state index in [9.17, 15) is 0 Å². The predicted molar refractivity (Wildman–Crippen MR) is 67.7 cm³/mol. The molecule has 0 bridgehead atoms. The molecule has 0 aliphatic carbocycles. The SMILES string of the molecule is CCNCC(COC)N1CCSC(C)C1. The summed E-state index contributed by atoms with van der Waals surface area (Å²) in [5, 5.41) is 4.18. The van der Waals surface area contributed by atoms with Crippen molar-refractivity contribution in [3.63, 3.8) is 0 Å². The lowest BCUT2D eigenvalue weighted by Crippen LogP contribution is -2.50. The van der Waals surface area contributed by atoms with Gasteiger partial charge in [-0.05, 0) is 6.54 Å². The molecule has 1 N–H and O–H groups in total. The lowest BCUT2D eigenvalue weighted by atomic mass is 10.2. The maximum Gasteiger partial charge on any atom is 0.0630 e. The van der Waals surface area contributed by atoms with Gasteiger partial charge in [-0.3, -0.25) is 4.90 Å². The topological polar surface area (TPSA) is 24.5 Å². The lowest BCUT2D eigenvalue weighted by molar-refractivity contribution is 0.0922. The average Bonchev–Trinajstić information content (AvgIpc) is 2.24. The van der Waals surface area contributed by atoms with E-state index in [2.05, 4.69) is 35.8 Å². The third-order valence-corrected chi connectivity index (χ3v) is 3.91. The van der Waals surface area contributed by atoms with Crippen LogP contribution >= 0.6 is 11.8 Å². The van der Waals surface area contributed by atoms with Crippen LogP contribution in [0.1, 0.15) is 13.8 Å². The Morgan fingerprint density at radius 1 is 1.60 bits per heavy atom. The molecule has 0 aromatic heterocycles. The highest BCUT2D eigenvalue weighted by atomic mass is 32.2. The fourth-order valence-corrected chi connectivity index (χ4v) is 3.01. The molecule has 3 nitrogen and oxygen atoms in total. The van der Waals surface area contributed by atoms with E-state index in [1.165, 1.54) is 18.8 Å². The first-order chi connectivity index (χ1) is 7.27. The van der Waals surface area contributed by atoms with E-state index in [-0.39, 0.29) is 0 Å². The van der Waals surface area contributed by atoms with Crippen molar-refractivity contribution in [2.24, 2.45) is 0 Å². The molecule has 1 rings (SSSR count). The minimum Gasteiger partial charge on any atom is -0.383 e. The Morgan fingerprint density at radius 3 is 3.00 bits per heavy atom. The highest BCUT2D eigenvalue weighted by Crippen LogP contribution is 2.19. The Kier molecular flexibility index (Phi) is 6.64. The van der Waals surface area contributed by atoms with Crippen molar-refractivity contribution in [1.82, 2.24) is 10.2 Å². The summed E-state index contributed by atoms with van der Waals surface area (Å²) in [6.07, 6.45) is 0. The molecule has 90 valence electrons. The number of rotatable bonds is 6. The highest BCUT2D eigenvalue weighted by molar-refractivity contribution is 7.99. The summed E-state index contributed by atoms with van der Waals surface area (Å²) in [6.45, 7) is 9.79. The number of hydrogen-bond acceptors (Lipinski definition) is 4. The average molecular weight is 232 g/mol. The summed E-state index contributed by atoms with van der Waals surface area (Å²) in [5.41, 5.74) is 0. The van der Waals surface area contributed by atoms with E-state index >= 15 is 0 Å². The molecule has 2 atom stereocenters. The zero-order valence-electron chi connectivity index (χ0n) is 10.2. The second kappa shape index (κ2) is 7.49. The molecular weight excluding hydrogens is 208 g/mol. The van der Waals surface area contributed by atoms with Crippen LogP contribution in [0.2, 0.25) is 0 Å². The van der Waals surface area contributed by atoms with Gasteiger partial charge in [-0.25, -0.2) is 0 Å². The summed E-state index contributed by atoms with van der Waals surface area (Å²) in [6, 6.07) is 0.540. The van der Waals surface area contributed by atoms with Crippen LogP contribution in [0.5, 0.6) is 0 Å². The van der Waals surface area contributed by atoms with Crippen molar-refractivity contribution in [2.75, 3.05) is 45.6 Å². The Hall–Kier alpha value is 0.230. The van der Waals surface area contributed by atoms with Gasteiger partial charge >= 0.3 is 0 Å². The monoisotopic (exact) mass is 232 g/mol. The second-order valence-corrected chi connectivity index (χ2v) is 5.64. The van der Waals surface area contributed by atoms with Gasteiger partial charge in [-0.2, -0.15) is 11.8 Å². The van der Waals surface area contributed by atoms with E-state index in [1.54, 1.807) is 7.11 Å². The summed E-state index contributed by atoms with van der Waals surface area (Å²) >= 11 is 2.08. The van der Waals surface area contributed by atoms with Gasteiger partial charge in [-0.1, -0.05) is 13.8 Å². The molecule has 0 saturated carbocycles. The Balaban J connectivity index is 2.38. The first kappa shape index (κ1) is 13.3. The standard InChI is InChI=1S/C11H24N2OS/c1-4-12-7-11(9-14-3)13-5-6-15-10(2)8-13/h10-12H,4-9H2,1-3H3. The van der Waals surface area contributed by atoms with Crippen LogP contribution in [0.15, 0.2) is 0 Å². The number of methoxy groups -OCH3 is 1. The summed E-state index contributed by atoms with van der Waals surface area (Å²) in [7, 11) is 1.79. The molecule has 1 aliphatic rings. The van der Waals surface area contributed by atoms with Crippen LogP contribution in [-0.4, -0.2) is 61.8 Å². The van der Waals surface area contributed by atoms with Gasteiger partial charge in [-0.15, -0.1) is 0 Å². The smallest absolute Gasteiger partial charge is 0.0630 e. The molecule has 0 amide bonds. The normalized spacial score (nSPS) is 25.4. The number of nitrogens with one attached hydrogen (secondary N) is 1. The number of hydrogen-bond donors (Lipinski definition) is 1. The van der Waals surface area contributed by atoms with Gasteiger partial charge < -0.3 is 10.1 Å². The van der Waals surface area contributed by atoms with Crippen LogP contribution in [0.3, 0.4) is 0 Å². The second-order valence-electron chi connectivity index (χ2n) is 4.09. The summed E-state index contributed by atoms with van der Waals surface area (Å²) < 4.78 is 5.30. The van der Waals surface area contributed by atoms with Crippen molar-refractivity contribution in [3.8, 4) is 0 Å². The maximum atomic E-state index is 5.30. The Labute approximate surface area is 97.9 Å². The fourth-order valence-electron chi connectivity index (χ4n) is 1.97. The molecule has 0 aromatic carbocycles. The van der Waals surface area contributed by atoms with E-state index in [4.69, 9.17) is 4.74 Å². The molecule has 0 radical (unpaired) electrons. The van der Waals surface area contributed by atoms with Crippen LogP contribution in [0.25, 0.3) is 0 Å². The van der Waals surface area contributed by atoms with Crippen LogP contribution in [0.4, 0.5) is 0 Å². The number of nitrogens with zero attached hydrogens (tertiary/aromatic N) is 1. The van der Waals surface area contributed by atoms with Gasteiger partial charge in [0.15, 0.2) is 0 Å². The summed E-state index contributed by atoms with van der Waals surface area (Å²) in [4.78, 5) is 2.56. The van der Waals surface area contributed by atoms with E-state index < -0.39 is 0 Å². The number of likely N-dealkylation sites (N-methyl/N-ethyl adjacent to an activating group) is 1. The summed E-state index contributed by atoms with van der Waals surface area (Å²) in [5.74, 6) is 1.26. The first-order valence-electron chi connectivity index (χ1n) is 5.83. The van der Waals surface area contributed by atoms with Crippen LogP contribution < -0.4 is 5.32 Å². The molecule has 1 heterocycles. The molecule has 15 heavy (non-hydrogen) atoms. The van der Waals surface area contributed by atoms with Crippen LogP contribution in [0, 0.1) is 0 Å². The van der Waals surface area contributed by atoms with Crippen molar-refractivity contribution in [3.05, 3.63) is 0 Å². The zero-order chi connectivity index (χ0) is 11.1. The number of ether oxygens (including phenoxy) is 1. The van der Waals surface area contributed by atoms with Crippen molar-refractivity contribution < 1.29 is 4.74 Å². The molecule has 0 spiro atoms. The molecule has 2 unspecified atom stereocenters. The number of thioether (sulfide) groups is 1. The van der Waals surface area contributed by atoms with Crippen molar-refractivity contribution in [1.29, 1.82) is 0 Å². The third-order valence-electron chi connectivity index (χ3n) is 2.78. The van der Waals surface area contributed by atoms with E-state index in [1.807, 2.05) is 0 Å². The molecule has 1 fully saturated rings. The molecular formula is C11H24N2OS. The Bertz CT molecular complexity index is 169. The van der Waals surface area contributed by atoms with E-state index in [0.717, 1.165) is 24.9 Å². The predicted octanol–water partition coefficient (Wildman–Crippen LogP) is 1.05. The van der Waals surface area contributed by atoms with Crippen molar-refractivity contribution >= 4 is 11.8 Å². The minimum atomic E-state index is 0.540. The molecule has 0 aromatic rings. The first-order valence-corrected chi connectivity index (χ1v) is 6.88. The maximum absolute atomic E-state index is 5.30. The third kappa shape index (κ3) is 4.72. The Morgan fingerprint density at radius 2 is 2.40 bits per heavy atom. The van der Waals surface area contributed by atoms with E-state index in [0.29, 0.717) is 6.04 Å². The fraction of sp³-hybridized carbons (Fsp3) is 1.00. The van der Waals surface area contributed by atoms with Gasteiger partial charge in [0.2, 0.25) is 0 Å². The van der Waals surface area contributed by atoms with Gasteiger partial charge in [0, 0.05) is 43.8 Å². The van der Waals surface area contributed by atoms with Crippen LogP contribution in [-0.2, 0) is 4.74 Å². The molecule has 1 saturated heterocycles. The highest BCUT2D eigenvalue weighted by Gasteiger charge is 2.23. The largest absolute Gasteiger partial charge is 0.383 e. The molecule has 4 heteroatoms.